The van der Waals surface area contributed by atoms with Gasteiger partial charge in [-0.3, -0.25) is 4.79 Å². The summed E-state index contributed by atoms with van der Waals surface area (Å²) in [4.78, 5) is 14.4. The second-order valence-electron chi connectivity index (χ2n) is 6.21. The summed E-state index contributed by atoms with van der Waals surface area (Å²) in [6.07, 6.45) is -0.397. The van der Waals surface area contributed by atoms with Gasteiger partial charge in [-0.2, -0.15) is 0 Å². The molecule has 1 unspecified atom stereocenters. The summed E-state index contributed by atoms with van der Waals surface area (Å²) in [6.45, 7) is 3.03. The van der Waals surface area contributed by atoms with Gasteiger partial charge >= 0.3 is 0 Å². The number of carbonyl (C=O) groups excluding carboxylic acids is 1. The van der Waals surface area contributed by atoms with Gasteiger partial charge in [-0.15, -0.1) is 0 Å². The molecule has 1 saturated heterocycles. The van der Waals surface area contributed by atoms with Crippen LogP contribution in [0, 0.1) is 0 Å². The van der Waals surface area contributed by atoms with Crippen molar-refractivity contribution >= 4 is 5.91 Å². The van der Waals surface area contributed by atoms with Gasteiger partial charge in [-0.1, -0.05) is 42.5 Å². The molecule has 0 aliphatic carbocycles. The van der Waals surface area contributed by atoms with E-state index >= 15 is 0 Å². The molecule has 0 aromatic heterocycles. The largest absolute Gasteiger partial charge is 0.489 e. The summed E-state index contributed by atoms with van der Waals surface area (Å²) in [6, 6.07) is 17.7. The standard InChI is InChI=1S/C20H24N2O3/c1-22-11-12-24-19(14-22)20(23)21-13-16-7-5-6-8-17(16)15-25-18-9-3-2-4-10-18/h2-10,19H,11-15H2,1H3,(H,21,23). The van der Waals surface area contributed by atoms with Gasteiger partial charge in [0, 0.05) is 19.6 Å². The molecule has 1 N–H and O–H groups in total. The van der Waals surface area contributed by atoms with E-state index in [4.69, 9.17) is 9.47 Å². The van der Waals surface area contributed by atoms with Crippen LogP contribution in [0.5, 0.6) is 5.75 Å². The van der Waals surface area contributed by atoms with E-state index < -0.39 is 6.10 Å². The maximum Gasteiger partial charge on any atom is 0.250 e. The van der Waals surface area contributed by atoms with E-state index in [0.29, 0.717) is 26.3 Å². The molecule has 1 fully saturated rings. The number of hydrogen-bond donors (Lipinski definition) is 1. The zero-order valence-corrected chi connectivity index (χ0v) is 14.5. The summed E-state index contributed by atoms with van der Waals surface area (Å²) >= 11 is 0. The zero-order chi connectivity index (χ0) is 17.5. The molecule has 0 saturated carbocycles. The highest BCUT2D eigenvalue weighted by Crippen LogP contribution is 2.15. The highest BCUT2D eigenvalue weighted by Gasteiger charge is 2.24. The Hall–Kier alpha value is -2.37. The Labute approximate surface area is 148 Å². The van der Waals surface area contributed by atoms with Crippen LogP contribution in [0.4, 0.5) is 0 Å². The van der Waals surface area contributed by atoms with E-state index in [1.165, 1.54) is 0 Å². The second kappa shape index (κ2) is 8.65. The molecule has 1 heterocycles. The third kappa shape index (κ3) is 5.05. The van der Waals surface area contributed by atoms with E-state index in [0.717, 1.165) is 23.4 Å². The monoisotopic (exact) mass is 340 g/mol. The molecule has 0 bridgehead atoms. The van der Waals surface area contributed by atoms with Gasteiger partial charge in [-0.25, -0.2) is 0 Å². The van der Waals surface area contributed by atoms with E-state index in [1.54, 1.807) is 0 Å². The van der Waals surface area contributed by atoms with Gasteiger partial charge in [0.25, 0.3) is 5.91 Å². The van der Waals surface area contributed by atoms with E-state index in [2.05, 4.69) is 10.2 Å². The lowest BCUT2D eigenvalue weighted by atomic mass is 10.1. The van der Waals surface area contributed by atoms with Crippen molar-refractivity contribution in [3.8, 4) is 5.75 Å². The first-order chi connectivity index (χ1) is 12.2. The summed E-state index contributed by atoms with van der Waals surface area (Å²) < 4.78 is 11.4. The first kappa shape index (κ1) is 17.5. The van der Waals surface area contributed by atoms with Crippen molar-refractivity contribution in [1.29, 1.82) is 0 Å². The second-order valence-corrected chi connectivity index (χ2v) is 6.21. The highest BCUT2D eigenvalue weighted by atomic mass is 16.5. The number of nitrogens with one attached hydrogen (secondary N) is 1. The molecule has 0 radical (unpaired) electrons. The van der Waals surface area contributed by atoms with Crippen LogP contribution in [0.15, 0.2) is 54.6 Å². The van der Waals surface area contributed by atoms with Crippen molar-refractivity contribution in [2.45, 2.75) is 19.3 Å². The molecule has 1 aliphatic rings. The predicted molar refractivity (Wildman–Crippen MR) is 96.3 cm³/mol. The number of ether oxygens (including phenoxy) is 2. The van der Waals surface area contributed by atoms with Gasteiger partial charge in [0.1, 0.15) is 18.5 Å². The molecule has 1 atom stereocenters. The fourth-order valence-corrected chi connectivity index (χ4v) is 2.78. The van der Waals surface area contributed by atoms with Gasteiger partial charge < -0.3 is 19.7 Å². The minimum Gasteiger partial charge on any atom is -0.489 e. The molecule has 2 aromatic rings. The zero-order valence-electron chi connectivity index (χ0n) is 14.5. The Balaban J connectivity index is 1.56. The topological polar surface area (TPSA) is 50.8 Å². The van der Waals surface area contributed by atoms with Crippen LogP contribution in [-0.2, 0) is 22.7 Å². The quantitative estimate of drug-likeness (QED) is 0.876. The fraction of sp³-hybridized carbons (Fsp3) is 0.350. The average molecular weight is 340 g/mol. The first-order valence-corrected chi connectivity index (χ1v) is 8.55. The maximum atomic E-state index is 12.3. The lowest BCUT2D eigenvalue weighted by Gasteiger charge is -2.29. The molecule has 1 aliphatic heterocycles. The van der Waals surface area contributed by atoms with Crippen LogP contribution >= 0.6 is 0 Å². The summed E-state index contributed by atoms with van der Waals surface area (Å²) in [5.41, 5.74) is 2.12. The summed E-state index contributed by atoms with van der Waals surface area (Å²) in [5.74, 6) is 0.769. The van der Waals surface area contributed by atoms with Crippen LogP contribution in [-0.4, -0.2) is 43.7 Å². The molecule has 5 nitrogen and oxygen atoms in total. The Morgan fingerprint density at radius 3 is 2.64 bits per heavy atom. The molecular weight excluding hydrogens is 316 g/mol. The molecule has 2 aromatic carbocycles. The first-order valence-electron chi connectivity index (χ1n) is 8.55. The fourth-order valence-electron chi connectivity index (χ4n) is 2.78. The molecule has 25 heavy (non-hydrogen) atoms. The molecular formula is C20H24N2O3. The van der Waals surface area contributed by atoms with E-state index in [9.17, 15) is 4.79 Å². The SMILES string of the molecule is CN1CCOC(C(=O)NCc2ccccc2COc2ccccc2)C1. The molecule has 5 heteroatoms. The number of amides is 1. The predicted octanol–water partition coefficient (Wildman–Crippen LogP) is 2.21. The number of likely N-dealkylation sites (N-methyl/N-ethyl adjacent to an activating group) is 1. The third-order valence-electron chi connectivity index (χ3n) is 4.27. The van der Waals surface area contributed by atoms with E-state index in [1.807, 2.05) is 61.6 Å². The van der Waals surface area contributed by atoms with Gasteiger partial charge in [0.15, 0.2) is 0 Å². The summed E-state index contributed by atoms with van der Waals surface area (Å²) in [7, 11) is 2.00. The normalized spacial score (nSPS) is 17.9. The van der Waals surface area contributed by atoms with Crippen LogP contribution in [0.2, 0.25) is 0 Å². The van der Waals surface area contributed by atoms with Crippen molar-refractivity contribution in [2.24, 2.45) is 0 Å². The van der Waals surface area contributed by atoms with Crippen LogP contribution < -0.4 is 10.1 Å². The number of nitrogens with zero attached hydrogens (tertiary/aromatic N) is 1. The van der Waals surface area contributed by atoms with Gasteiger partial charge in [0.05, 0.1) is 6.61 Å². The van der Waals surface area contributed by atoms with Crippen LogP contribution in [0.3, 0.4) is 0 Å². The number of hydrogen-bond acceptors (Lipinski definition) is 4. The van der Waals surface area contributed by atoms with Gasteiger partial charge in [0.2, 0.25) is 0 Å². The van der Waals surface area contributed by atoms with Crippen LogP contribution in [0.1, 0.15) is 11.1 Å². The third-order valence-corrected chi connectivity index (χ3v) is 4.27. The molecule has 3 rings (SSSR count). The lowest BCUT2D eigenvalue weighted by Crippen LogP contribution is -2.48. The minimum absolute atomic E-state index is 0.0645. The average Bonchev–Trinajstić information content (AvgIpc) is 2.66. The molecule has 0 spiro atoms. The van der Waals surface area contributed by atoms with E-state index in [-0.39, 0.29) is 5.91 Å². The van der Waals surface area contributed by atoms with Crippen molar-refractivity contribution in [1.82, 2.24) is 10.2 Å². The number of para-hydroxylation sites is 1. The van der Waals surface area contributed by atoms with Crippen molar-refractivity contribution in [2.75, 3.05) is 26.7 Å². The Kier molecular flexibility index (Phi) is 6.04. The van der Waals surface area contributed by atoms with Crippen LogP contribution in [0.25, 0.3) is 0 Å². The minimum atomic E-state index is -0.397. The highest BCUT2D eigenvalue weighted by molar-refractivity contribution is 5.81. The number of rotatable bonds is 6. The van der Waals surface area contributed by atoms with Gasteiger partial charge in [-0.05, 0) is 30.3 Å². The number of morpholine rings is 1. The Bertz CT molecular complexity index is 690. The lowest BCUT2D eigenvalue weighted by molar-refractivity contribution is -0.138. The van der Waals surface area contributed by atoms with Crippen molar-refractivity contribution in [3.05, 3.63) is 65.7 Å². The molecule has 1 amide bonds. The van der Waals surface area contributed by atoms with Crippen molar-refractivity contribution < 1.29 is 14.3 Å². The summed E-state index contributed by atoms with van der Waals surface area (Å²) in [5, 5.41) is 2.98. The Morgan fingerprint density at radius 2 is 1.88 bits per heavy atom. The smallest absolute Gasteiger partial charge is 0.250 e. The molecule has 132 valence electrons. The van der Waals surface area contributed by atoms with Crippen molar-refractivity contribution in [3.63, 3.8) is 0 Å². The number of benzene rings is 2. The maximum absolute atomic E-state index is 12.3. The Morgan fingerprint density at radius 1 is 1.16 bits per heavy atom. The number of carbonyl (C=O) groups is 1.